The average Bonchev–Trinajstić information content (AvgIpc) is 2.95. The molecule has 0 saturated carbocycles. The minimum Gasteiger partial charge on any atom is -0.321 e. The van der Waals surface area contributed by atoms with E-state index in [4.69, 9.17) is 23.2 Å². The Morgan fingerprint density at radius 1 is 1.50 bits per heavy atom. The zero-order chi connectivity index (χ0) is 12.7. The molecule has 3 rings (SSSR count). The van der Waals surface area contributed by atoms with Crippen molar-refractivity contribution in [1.29, 1.82) is 0 Å². The molecule has 2 aromatic heterocycles. The number of fused-ring (bicyclic) bond motifs is 1. The van der Waals surface area contributed by atoms with Crippen LogP contribution in [-0.4, -0.2) is 26.0 Å². The lowest BCUT2D eigenvalue weighted by molar-refractivity contribution is 0.549. The molecule has 3 heterocycles. The van der Waals surface area contributed by atoms with Gasteiger partial charge in [0, 0.05) is 18.0 Å². The van der Waals surface area contributed by atoms with Crippen LogP contribution in [0, 0.1) is 0 Å². The monoisotopic (exact) mass is 301 g/mol. The van der Waals surface area contributed by atoms with E-state index < -0.39 is 0 Å². The summed E-state index contributed by atoms with van der Waals surface area (Å²) < 4.78 is 2.22. The molecule has 2 unspecified atom stereocenters. The highest BCUT2D eigenvalue weighted by Crippen LogP contribution is 2.36. The van der Waals surface area contributed by atoms with Gasteiger partial charge in [0.25, 0.3) is 0 Å². The molecule has 1 saturated heterocycles. The van der Waals surface area contributed by atoms with E-state index in [0.29, 0.717) is 11.1 Å². The number of rotatable bonds is 2. The molecule has 1 aliphatic rings. The van der Waals surface area contributed by atoms with E-state index in [1.165, 1.54) is 5.75 Å². The number of aromatic nitrogens is 3. The average molecular weight is 302 g/mol. The number of hydrogen-bond donors (Lipinski definition) is 0. The van der Waals surface area contributed by atoms with Gasteiger partial charge in [-0.05, 0) is 19.1 Å². The third-order valence-electron chi connectivity index (χ3n) is 3.20. The van der Waals surface area contributed by atoms with E-state index >= 15 is 0 Å². The van der Waals surface area contributed by atoms with Crippen molar-refractivity contribution in [3.8, 4) is 0 Å². The lowest BCUT2D eigenvalue weighted by Gasteiger charge is -2.17. The fourth-order valence-corrected chi connectivity index (χ4v) is 4.00. The third kappa shape index (κ3) is 2.00. The van der Waals surface area contributed by atoms with E-state index in [2.05, 4.69) is 14.5 Å². The van der Waals surface area contributed by atoms with Crippen molar-refractivity contribution in [3.63, 3.8) is 0 Å². The standard InChI is InChI=1S/C12H13Cl2N3S/c1-7(13)12-16-10-5-15-4-9(14)11(10)17(12)8-2-3-18-6-8/h4-5,7-8H,2-3,6H2,1H3. The molecule has 2 aromatic rings. The summed E-state index contributed by atoms with van der Waals surface area (Å²) in [5.74, 6) is 3.18. The lowest BCUT2D eigenvalue weighted by Crippen LogP contribution is -2.12. The largest absolute Gasteiger partial charge is 0.321 e. The molecule has 0 spiro atoms. The van der Waals surface area contributed by atoms with Crippen molar-refractivity contribution in [2.24, 2.45) is 0 Å². The maximum absolute atomic E-state index is 6.29. The van der Waals surface area contributed by atoms with Gasteiger partial charge in [0.15, 0.2) is 0 Å². The summed E-state index contributed by atoms with van der Waals surface area (Å²) in [6.07, 6.45) is 4.57. The molecule has 6 heteroatoms. The van der Waals surface area contributed by atoms with Gasteiger partial charge < -0.3 is 4.57 Å². The maximum atomic E-state index is 6.29. The Labute approximate surface area is 120 Å². The normalized spacial score (nSPS) is 21.6. The van der Waals surface area contributed by atoms with Crippen LogP contribution in [-0.2, 0) is 0 Å². The van der Waals surface area contributed by atoms with Gasteiger partial charge in [-0.1, -0.05) is 11.6 Å². The predicted molar refractivity (Wildman–Crippen MR) is 77.8 cm³/mol. The molecule has 0 aliphatic carbocycles. The quantitative estimate of drug-likeness (QED) is 0.784. The Hall–Kier alpha value is -0.450. The molecule has 18 heavy (non-hydrogen) atoms. The highest BCUT2D eigenvalue weighted by Gasteiger charge is 2.25. The smallest absolute Gasteiger partial charge is 0.128 e. The Morgan fingerprint density at radius 2 is 2.33 bits per heavy atom. The number of pyridine rings is 1. The molecule has 0 amide bonds. The minimum absolute atomic E-state index is 0.126. The molecule has 2 atom stereocenters. The second kappa shape index (κ2) is 4.91. The summed E-state index contributed by atoms with van der Waals surface area (Å²) in [5.41, 5.74) is 1.81. The molecule has 0 N–H and O–H groups in total. The van der Waals surface area contributed by atoms with Crippen LogP contribution < -0.4 is 0 Å². The maximum Gasteiger partial charge on any atom is 0.128 e. The van der Waals surface area contributed by atoms with Crippen LogP contribution in [0.5, 0.6) is 0 Å². The van der Waals surface area contributed by atoms with Gasteiger partial charge in [-0.3, -0.25) is 4.98 Å². The molecule has 96 valence electrons. The number of imidazole rings is 1. The number of halogens is 2. The van der Waals surface area contributed by atoms with Crippen molar-refractivity contribution in [3.05, 3.63) is 23.2 Å². The summed E-state index contributed by atoms with van der Waals surface area (Å²) in [5, 5.41) is 0.527. The number of alkyl halides is 1. The summed E-state index contributed by atoms with van der Waals surface area (Å²) in [4.78, 5) is 8.69. The number of thioether (sulfide) groups is 1. The minimum atomic E-state index is -0.126. The SMILES string of the molecule is CC(Cl)c1nc2cncc(Cl)c2n1C1CCSC1. The van der Waals surface area contributed by atoms with Gasteiger partial charge in [0.1, 0.15) is 11.3 Å². The molecular formula is C12H13Cl2N3S. The van der Waals surface area contributed by atoms with E-state index in [1.807, 2.05) is 18.7 Å². The first-order valence-electron chi connectivity index (χ1n) is 5.91. The second-order valence-electron chi connectivity index (χ2n) is 4.46. The highest BCUT2D eigenvalue weighted by molar-refractivity contribution is 7.99. The first-order valence-corrected chi connectivity index (χ1v) is 7.88. The number of hydrogen-bond acceptors (Lipinski definition) is 3. The fourth-order valence-electron chi connectivity index (χ4n) is 2.41. The summed E-state index contributed by atoms with van der Waals surface area (Å²) in [6.45, 7) is 1.95. The molecule has 0 aromatic carbocycles. The van der Waals surface area contributed by atoms with Crippen LogP contribution in [0.4, 0.5) is 0 Å². The van der Waals surface area contributed by atoms with Crippen LogP contribution in [0.15, 0.2) is 12.4 Å². The van der Waals surface area contributed by atoms with E-state index in [9.17, 15) is 0 Å². The fraction of sp³-hybridized carbons (Fsp3) is 0.500. The molecule has 0 bridgehead atoms. The molecule has 1 aliphatic heterocycles. The zero-order valence-electron chi connectivity index (χ0n) is 9.94. The van der Waals surface area contributed by atoms with Crippen LogP contribution in [0.2, 0.25) is 5.02 Å². The number of nitrogens with zero attached hydrogens (tertiary/aromatic N) is 3. The van der Waals surface area contributed by atoms with Crippen molar-refractivity contribution in [2.75, 3.05) is 11.5 Å². The van der Waals surface area contributed by atoms with Crippen molar-refractivity contribution < 1.29 is 0 Å². The first kappa shape index (κ1) is 12.6. The Balaban J connectivity index is 2.26. The van der Waals surface area contributed by atoms with Crippen LogP contribution in [0.3, 0.4) is 0 Å². The van der Waals surface area contributed by atoms with Gasteiger partial charge >= 0.3 is 0 Å². The second-order valence-corrected chi connectivity index (χ2v) is 6.67. The van der Waals surface area contributed by atoms with Gasteiger partial charge in [-0.15, -0.1) is 11.6 Å². The predicted octanol–water partition coefficient (Wildman–Crippen LogP) is 4.06. The molecule has 1 fully saturated rings. The topological polar surface area (TPSA) is 30.7 Å². The lowest BCUT2D eigenvalue weighted by atomic mass is 10.2. The van der Waals surface area contributed by atoms with E-state index in [-0.39, 0.29) is 5.38 Å². The first-order chi connectivity index (χ1) is 8.68. The Morgan fingerprint density at radius 3 is 3.00 bits per heavy atom. The molecule has 3 nitrogen and oxygen atoms in total. The molecule has 0 radical (unpaired) electrons. The van der Waals surface area contributed by atoms with Gasteiger partial charge in [-0.25, -0.2) is 4.98 Å². The van der Waals surface area contributed by atoms with Crippen molar-refractivity contribution in [1.82, 2.24) is 14.5 Å². The van der Waals surface area contributed by atoms with Crippen LogP contribution >= 0.6 is 35.0 Å². The van der Waals surface area contributed by atoms with Gasteiger partial charge in [0.05, 0.1) is 22.1 Å². The summed E-state index contributed by atoms with van der Waals surface area (Å²) in [7, 11) is 0. The zero-order valence-corrected chi connectivity index (χ0v) is 12.3. The van der Waals surface area contributed by atoms with Gasteiger partial charge in [0.2, 0.25) is 0 Å². The Bertz CT molecular complexity index is 576. The van der Waals surface area contributed by atoms with Gasteiger partial charge in [-0.2, -0.15) is 11.8 Å². The summed E-state index contributed by atoms with van der Waals surface area (Å²) in [6, 6.07) is 0.441. The summed E-state index contributed by atoms with van der Waals surface area (Å²) >= 11 is 14.5. The van der Waals surface area contributed by atoms with E-state index in [1.54, 1.807) is 12.4 Å². The molecular weight excluding hydrogens is 289 g/mol. The Kier molecular flexibility index (Phi) is 3.43. The van der Waals surface area contributed by atoms with Crippen molar-refractivity contribution in [2.45, 2.75) is 24.8 Å². The highest BCUT2D eigenvalue weighted by atomic mass is 35.5. The van der Waals surface area contributed by atoms with Crippen LogP contribution in [0.1, 0.15) is 30.6 Å². The third-order valence-corrected chi connectivity index (χ3v) is 4.82. The van der Waals surface area contributed by atoms with Crippen LogP contribution in [0.25, 0.3) is 11.0 Å². The van der Waals surface area contributed by atoms with E-state index in [0.717, 1.165) is 29.0 Å². The van der Waals surface area contributed by atoms with Crippen molar-refractivity contribution >= 4 is 46.0 Å².